The molecule has 2 nitrogen and oxygen atoms in total. The average molecular weight is 236 g/mol. The largest absolute Gasteiger partial charge is 0.310 e. The van der Waals surface area contributed by atoms with Crippen molar-refractivity contribution in [3.63, 3.8) is 0 Å². The molecule has 94 valence electrons. The molecule has 0 bridgehead atoms. The van der Waals surface area contributed by atoms with E-state index in [4.69, 9.17) is 0 Å². The minimum atomic E-state index is -0.259. The maximum Gasteiger partial charge on any atom is 0.141 e. The van der Waals surface area contributed by atoms with Crippen LogP contribution in [0.5, 0.6) is 0 Å². The highest BCUT2D eigenvalue weighted by Gasteiger charge is 2.34. The van der Waals surface area contributed by atoms with Gasteiger partial charge in [-0.25, -0.2) is 4.39 Å². The third-order valence-corrected chi connectivity index (χ3v) is 4.17. The first kappa shape index (κ1) is 12.5. The van der Waals surface area contributed by atoms with Crippen molar-refractivity contribution < 1.29 is 4.39 Å². The fourth-order valence-electron chi connectivity index (χ4n) is 2.48. The van der Waals surface area contributed by atoms with Gasteiger partial charge in [-0.15, -0.1) is 0 Å². The van der Waals surface area contributed by atoms with Crippen LogP contribution in [0.15, 0.2) is 18.5 Å². The van der Waals surface area contributed by atoms with Crippen LogP contribution in [-0.4, -0.2) is 11.5 Å². The zero-order valence-corrected chi connectivity index (χ0v) is 10.7. The molecule has 17 heavy (non-hydrogen) atoms. The van der Waals surface area contributed by atoms with E-state index in [-0.39, 0.29) is 11.9 Å². The Hall–Kier alpha value is -0.960. The molecular formula is C14H21FN2. The molecule has 1 aliphatic rings. The van der Waals surface area contributed by atoms with Gasteiger partial charge in [0.1, 0.15) is 5.82 Å². The van der Waals surface area contributed by atoms with Crippen LogP contribution in [0.2, 0.25) is 0 Å². The van der Waals surface area contributed by atoms with Crippen LogP contribution in [-0.2, 0) is 0 Å². The van der Waals surface area contributed by atoms with E-state index < -0.39 is 0 Å². The Balaban J connectivity index is 1.91. The number of rotatable bonds is 5. The molecule has 0 aliphatic heterocycles. The third kappa shape index (κ3) is 2.83. The molecule has 2 rings (SSSR count). The van der Waals surface area contributed by atoms with Crippen molar-refractivity contribution in [3.05, 3.63) is 29.8 Å². The molecule has 0 amide bonds. The van der Waals surface area contributed by atoms with Crippen LogP contribution in [0.1, 0.15) is 51.1 Å². The summed E-state index contributed by atoms with van der Waals surface area (Å²) in [7, 11) is 0. The van der Waals surface area contributed by atoms with Crippen LogP contribution in [0.4, 0.5) is 4.39 Å². The Morgan fingerprint density at radius 3 is 2.76 bits per heavy atom. The fraction of sp³-hybridized carbons (Fsp3) is 0.643. The van der Waals surface area contributed by atoms with Crippen molar-refractivity contribution in [1.82, 2.24) is 10.3 Å². The smallest absolute Gasteiger partial charge is 0.141 e. The molecule has 3 heteroatoms. The third-order valence-electron chi connectivity index (χ3n) is 4.17. The molecule has 1 aromatic heterocycles. The minimum absolute atomic E-state index is 0.169. The minimum Gasteiger partial charge on any atom is -0.310 e. The summed E-state index contributed by atoms with van der Waals surface area (Å²) in [6.45, 7) is 5.36. The topological polar surface area (TPSA) is 24.9 Å². The number of hydrogen-bond acceptors (Lipinski definition) is 2. The van der Waals surface area contributed by atoms with Gasteiger partial charge in [-0.1, -0.05) is 13.3 Å². The lowest BCUT2D eigenvalue weighted by Crippen LogP contribution is -2.40. The lowest BCUT2D eigenvalue weighted by atomic mass is 9.67. The van der Waals surface area contributed by atoms with E-state index in [2.05, 4.69) is 24.1 Å². The second-order valence-corrected chi connectivity index (χ2v) is 5.25. The quantitative estimate of drug-likeness (QED) is 0.847. The van der Waals surface area contributed by atoms with Gasteiger partial charge in [0, 0.05) is 18.8 Å². The second kappa shape index (κ2) is 5.13. The maximum absolute atomic E-state index is 13.1. The van der Waals surface area contributed by atoms with Crippen LogP contribution in [0, 0.1) is 11.2 Å². The van der Waals surface area contributed by atoms with Crippen molar-refractivity contribution in [2.45, 2.75) is 45.6 Å². The van der Waals surface area contributed by atoms with Crippen molar-refractivity contribution in [3.8, 4) is 0 Å². The first-order valence-corrected chi connectivity index (χ1v) is 6.49. The summed E-state index contributed by atoms with van der Waals surface area (Å²) in [5.41, 5.74) is 1.42. The molecule has 1 N–H and O–H groups in total. The van der Waals surface area contributed by atoms with E-state index in [9.17, 15) is 4.39 Å². The summed E-state index contributed by atoms with van der Waals surface area (Å²) in [6, 6.07) is 1.73. The molecule has 1 aromatic rings. The number of nitrogens with zero attached hydrogens (tertiary/aromatic N) is 1. The Kier molecular flexibility index (Phi) is 3.77. The van der Waals surface area contributed by atoms with Gasteiger partial charge < -0.3 is 5.32 Å². The van der Waals surface area contributed by atoms with Crippen molar-refractivity contribution in [1.29, 1.82) is 0 Å². The van der Waals surface area contributed by atoms with Crippen molar-refractivity contribution in [2.24, 2.45) is 5.41 Å². The van der Waals surface area contributed by atoms with E-state index in [1.165, 1.54) is 31.9 Å². The zero-order chi connectivity index (χ0) is 12.3. The Labute approximate surface area is 103 Å². The molecule has 0 saturated heterocycles. The molecule has 1 aliphatic carbocycles. The summed E-state index contributed by atoms with van der Waals surface area (Å²) < 4.78 is 13.1. The number of aromatic nitrogens is 1. The van der Waals surface area contributed by atoms with Crippen molar-refractivity contribution in [2.75, 3.05) is 6.54 Å². The molecule has 1 atom stereocenters. The van der Waals surface area contributed by atoms with E-state index in [1.807, 2.05) is 0 Å². The Bertz CT molecular complexity index is 369. The monoisotopic (exact) mass is 236 g/mol. The van der Waals surface area contributed by atoms with Crippen LogP contribution < -0.4 is 5.32 Å². The van der Waals surface area contributed by atoms with E-state index in [0.717, 1.165) is 12.1 Å². The van der Waals surface area contributed by atoms with Gasteiger partial charge in [-0.2, -0.15) is 0 Å². The van der Waals surface area contributed by atoms with Gasteiger partial charge in [-0.3, -0.25) is 4.98 Å². The summed E-state index contributed by atoms with van der Waals surface area (Å²) in [5.74, 6) is -0.259. The molecule has 0 spiro atoms. The average Bonchev–Trinajstić information content (AvgIpc) is 2.28. The number of halogens is 1. The maximum atomic E-state index is 13.1. The lowest BCUT2D eigenvalue weighted by molar-refractivity contribution is 0.120. The molecule has 0 aromatic carbocycles. The first-order valence-electron chi connectivity index (χ1n) is 6.49. The fourth-order valence-corrected chi connectivity index (χ4v) is 2.48. The van der Waals surface area contributed by atoms with Gasteiger partial charge in [-0.05, 0) is 43.2 Å². The van der Waals surface area contributed by atoms with Crippen LogP contribution in [0.25, 0.3) is 0 Å². The van der Waals surface area contributed by atoms with Crippen LogP contribution in [0.3, 0.4) is 0 Å². The summed E-state index contributed by atoms with van der Waals surface area (Å²) in [6.07, 6.45) is 8.21. The van der Waals surface area contributed by atoms with Gasteiger partial charge in [0.15, 0.2) is 0 Å². The normalized spacial score (nSPS) is 19.7. The molecule has 1 unspecified atom stereocenters. The summed E-state index contributed by atoms with van der Waals surface area (Å²) in [5, 5.41) is 3.51. The van der Waals surface area contributed by atoms with E-state index in [1.54, 1.807) is 12.3 Å². The number of hydrogen-bond donors (Lipinski definition) is 1. The summed E-state index contributed by atoms with van der Waals surface area (Å²) in [4.78, 5) is 3.89. The summed E-state index contributed by atoms with van der Waals surface area (Å²) >= 11 is 0. The number of pyridine rings is 1. The second-order valence-electron chi connectivity index (χ2n) is 5.25. The van der Waals surface area contributed by atoms with E-state index >= 15 is 0 Å². The molecule has 0 radical (unpaired) electrons. The van der Waals surface area contributed by atoms with Crippen molar-refractivity contribution >= 4 is 0 Å². The first-order chi connectivity index (χ1) is 8.15. The highest BCUT2D eigenvalue weighted by Crippen LogP contribution is 2.43. The van der Waals surface area contributed by atoms with Crippen LogP contribution >= 0.6 is 0 Å². The van der Waals surface area contributed by atoms with E-state index in [0.29, 0.717) is 5.41 Å². The van der Waals surface area contributed by atoms with Gasteiger partial charge in [0.25, 0.3) is 0 Å². The highest BCUT2D eigenvalue weighted by atomic mass is 19.1. The molecule has 1 heterocycles. The standard InChI is InChI=1S/C14H21FN2/c1-3-14(5-4-6-14)10-17-11(2)12-7-13(15)9-16-8-12/h7-9,11,17H,3-6,10H2,1-2H3. The SMILES string of the molecule is CCC1(CNC(C)c2cncc(F)c2)CCC1. The van der Waals surface area contributed by atoms with Gasteiger partial charge in [0.05, 0.1) is 6.20 Å². The highest BCUT2D eigenvalue weighted by molar-refractivity contribution is 5.14. The Morgan fingerprint density at radius 1 is 1.47 bits per heavy atom. The Morgan fingerprint density at radius 2 is 2.24 bits per heavy atom. The lowest BCUT2D eigenvalue weighted by Gasteiger charge is -2.42. The number of nitrogens with one attached hydrogen (secondary N) is 1. The predicted molar refractivity (Wildman–Crippen MR) is 67.2 cm³/mol. The van der Waals surface area contributed by atoms with Gasteiger partial charge >= 0.3 is 0 Å². The molecule has 1 fully saturated rings. The van der Waals surface area contributed by atoms with Gasteiger partial charge in [0.2, 0.25) is 0 Å². The molecule has 1 saturated carbocycles. The zero-order valence-electron chi connectivity index (χ0n) is 10.7. The predicted octanol–water partition coefficient (Wildman–Crippen LogP) is 3.45. The molecular weight excluding hydrogens is 215 g/mol.